The van der Waals surface area contributed by atoms with Gasteiger partial charge in [0, 0.05) is 22.7 Å². The van der Waals surface area contributed by atoms with E-state index in [0.717, 1.165) is 0 Å². The van der Waals surface area contributed by atoms with E-state index in [1.165, 1.54) is 31.4 Å². The Kier molecular flexibility index (Phi) is 5.99. The molecule has 0 bridgehead atoms. The SMILES string of the molecule is COC(=O)c1ccc(C(=O)N2CCOC(c3cc(F)c(Cl)cc3Cl)C2)cc1. The molecule has 0 radical (unpaired) electrons. The van der Waals surface area contributed by atoms with E-state index < -0.39 is 17.9 Å². The number of rotatable bonds is 3. The second-order valence-electron chi connectivity index (χ2n) is 5.97. The maximum absolute atomic E-state index is 13.8. The molecular formula is C19H16Cl2FNO4. The maximum Gasteiger partial charge on any atom is 0.337 e. The van der Waals surface area contributed by atoms with Gasteiger partial charge in [-0.1, -0.05) is 23.2 Å². The molecule has 1 atom stereocenters. The molecule has 0 saturated carbocycles. The average molecular weight is 412 g/mol. The molecule has 1 heterocycles. The summed E-state index contributed by atoms with van der Waals surface area (Å²) >= 11 is 11.9. The number of carbonyl (C=O) groups excluding carboxylic acids is 2. The van der Waals surface area contributed by atoms with Gasteiger partial charge in [0.15, 0.2) is 0 Å². The van der Waals surface area contributed by atoms with Gasteiger partial charge in [-0.3, -0.25) is 4.79 Å². The number of morpholine rings is 1. The smallest absolute Gasteiger partial charge is 0.337 e. The van der Waals surface area contributed by atoms with Crippen LogP contribution >= 0.6 is 23.2 Å². The lowest BCUT2D eigenvalue weighted by Crippen LogP contribution is -2.42. The highest BCUT2D eigenvalue weighted by atomic mass is 35.5. The Hall–Kier alpha value is -2.15. The highest BCUT2D eigenvalue weighted by molar-refractivity contribution is 6.35. The van der Waals surface area contributed by atoms with E-state index in [1.54, 1.807) is 17.0 Å². The molecule has 2 aromatic rings. The second kappa shape index (κ2) is 8.25. The lowest BCUT2D eigenvalue weighted by Gasteiger charge is -2.33. The zero-order valence-corrected chi connectivity index (χ0v) is 15.9. The Morgan fingerprint density at radius 2 is 1.81 bits per heavy atom. The Morgan fingerprint density at radius 1 is 1.15 bits per heavy atom. The van der Waals surface area contributed by atoms with Crippen molar-refractivity contribution < 1.29 is 23.5 Å². The first-order valence-electron chi connectivity index (χ1n) is 8.14. The fourth-order valence-corrected chi connectivity index (χ4v) is 3.36. The molecule has 1 aliphatic heterocycles. The number of halogens is 3. The van der Waals surface area contributed by atoms with Crippen LogP contribution in [0.15, 0.2) is 36.4 Å². The summed E-state index contributed by atoms with van der Waals surface area (Å²) in [6, 6.07) is 8.74. The van der Waals surface area contributed by atoms with Crippen LogP contribution in [0.25, 0.3) is 0 Å². The maximum atomic E-state index is 13.8. The zero-order valence-electron chi connectivity index (χ0n) is 14.4. The molecule has 142 valence electrons. The lowest BCUT2D eigenvalue weighted by atomic mass is 10.1. The van der Waals surface area contributed by atoms with E-state index in [-0.39, 0.29) is 29.1 Å². The lowest BCUT2D eigenvalue weighted by molar-refractivity contribution is -0.0228. The van der Waals surface area contributed by atoms with Crippen molar-refractivity contribution >= 4 is 35.1 Å². The van der Waals surface area contributed by atoms with Crippen LogP contribution in [-0.2, 0) is 9.47 Å². The summed E-state index contributed by atoms with van der Waals surface area (Å²) in [4.78, 5) is 25.9. The summed E-state index contributed by atoms with van der Waals surface area (Å²) in [7, 11) is 1.29. The van der Waals surface area contributed by atoms with Gasteiger partial charge >= 0.3 is 5.97 Å². The Balaban J connectivity index is 1.77. The van der Waals surface area contributed by atoms with Crippen molar-refractivity contribution in [2.45, 2.75) is 6.10 Å². The van der Waals surface area contributed by atoms with Gasteiger partial charge in [0.1, 0.15) is 11.9 Å². The van der Waals surface area contributed by atoms with Crippen LogP contribution in [0, 0.1) is 5.82 Å². The van der Waals surface area contributed by atoms with Crippen molar-refractivity contribution in [3.63, 3.8) is 0 Å². The Morgan fingerprint density at radius 3 is 2.48 bits per heavy atom. The number of amides is 1. The molecular weight excluding hydrogens is 396 g/mol. The minimum Gasteiger partial charge on any atom is -0.465 e. The van der Waals surface area contributed by atoms with E-state index in [0.29, 0.717) is 23.2 Å². The van der Waals surface area contributed by atoms with Crippen molar-refractivity contribution in [3.8, 4) is 0 Å². The molecule has 1 amide bonds. The zero-order chi connectivity index (χ0) is 19.6. The molecule has 0 spiro atoms. The summed E-state index contributed by atoms with van der Waals surface area (Å²) in [6.07, 6.45) is -0.559. The predicted molar refractivity (Wildman–Crippen MR) is 98.8 cm³/mol. The third kappa shape index (κ3) is 4.24. The van der Waals surface area contributed by atoms with E-state index in [1.807, 2.05) is 0 Å². The van der Waals surface area contributed by atoms with Gasteiger partial charge in [0.2, 0.25) is 0 Å². The quantitative estimate of drug-likeness (QED) is 0.562. The number of ether oxygens (including phenoxy) is 2. The fourth-order valence-electron chi connectivity index (χ4n) is 2.86. The van der Waals surface area contributed by atoms with E-state index >= 15 is 0 Å². The monoisotopic (exact) mass is 411 g/mol. The van der Waals surface area contributed by atoms with Crippen molar-refractivity contribution in [1.29, 1.82) is 0 Å². The second-order valence-corrected chi connectivity index (χ2v) is 6.78. The average Bonchev–Trinajstić information content (AvgIpc) is 2.69. The van der Waals surface area contributed by atoms with Gasteiger partial charge in [-0.2, -0.15) is 0 Å². The fraction of sp³-hybridized carbons (Fsp3) is 0.263. The number of carbonyl (C=O) groups is 2. The van der Waals surface area contributed by atoms with Crippen LogP contribution in [0.4, 0.5) is 4.39 Å². The van der Waals surface area contributed by atoms with Crippen LogP contribution in [0.5, 0.6) is 0 Å². The third-order valence-electron chi connectivity index (χ3n) is 4.29. The first kappa shape index (κ1) is 19.6. The van der Waals surface area contributed by atoms with Crippen LogP contribution in [0.3, 0.4) is 0 Å². The summed E-state index contributed by atoms with van der Waals surface area (Å²) in [5.41, 5.74) is 1.23. The summed E-state index contributed by atoms with van der Waals surface area (Å²) < 4.78 is 24.1. The molecule has 1 saturated heterocycles. The molecule has 1 aliphatic rings. The molecule has 0 N–H and O–H groups in total. The predicted octanol–water partition coefficient (Wildman–Crippen LogP) is 4.13. The van der Waals surface area contributed by atoms with Gasteiger partial charge in [-0.15, -0.1) is 0 Å². The first-order chi connectivity index (χ1) is 12.9. The minimum absolute atomic E-state index is 0.0711. The Bertz CT molecular complexity index is 873. The number of methoxy groups -OCH3 is 1. The van der Waals surface area contributed by atoms with Crippen molar-refractivity contribution in [3.05, 3.63) is 69.0 Å². The number of benzene rings is 2. The molecule has 5 nitrogen and oxygen atoms in total. The van der Waals surface area contributed by atoms with Crippen LogP contribution in [-0.4, -0.2) is 43.6 Å². The molecule has 8 heteroatoms. The first-order valence-corrected chi connectivity index (χ1v) is 8.90. The highest BCUT2D eigenvalue weighted by Crippen LogP contribution is 2.32. The summed E-state index contributed by atoms with van der Waals surface area (Å²) in [5, 5.41) is 0.210. The summed E-state index contributed by atoms with van der Waals surface area (Å²) in [6.45, 7) is 0.900. The molecule has 27 heavy (non-hydrogen) atoms. The summed E-state index contributed by atoms with van der Waals surface area (Å²) in [5.74, 6) is -1.29. The minimum atomic E-state index is -0.596. The highest BCUT2D eigenvalue weighted by Gasteiger charge is 2.28. The van der Waals surface area contributed by atoms with E-state index in [4.69, 9.17) is 27.9 Å². The molecule has 1 fully saturated rings. The van der Waals surface area contributed by atoms with Gasteiger partial charge in [0.25, 0.3) is 5.91 Å². The van der Waals surface area contributed by atoms with Crippen LogP contribution < -0.4 is 0 Å². The van der Waals surface area contributed by atoms with Gasteiger partial charge in [0.05, 0.1) is 30.8 Å². The normalized spacial score (nSPS) is 16.9. The third-order valence-corrected chi connectivity index (χ3v) is 4.91. The molecule has 1 unspecified atom stereocenters. The van der Waals surface area contributed by atoms with Crippen LogP contribution in [0.1, 0.15) is 32.4 Å². The Labute approximate surface area is 165 Å². The molecule has 0 aliphatic carbocycles. The van der Waals surface area contributed by atoms with Crippen molar-refractivity contribution in [1.82, 2.24) is 4.90 Å². The number of nitrogens with zero attached hydrogens (tertiary/aromatic N) is 1. The van der Waals surface area contributed by atoms with Crippen molar-refractivity contribution in [2.24, 2.45) is 0 Å². The van der Waals surface area contributed by atoms with Gasteiger partial charge < -0.3 is 14.4 Å². The number of hydrogen-bond acceptors (Lipinski definition) is 4. The number of hydrogen-bond donors (Lipinski definition) is 0. The molecule has 2 aromatic carbocycles. The number of esters is 1. The van der Waals surface area contributed by atoms with E-state index in [2.05, 4.69) is 4.74 Å². The standard InChI is InChI=1S/C19H16Cl2FNO4/c1-26-19(25)12-4-2-11(3-5-12)18(24)23-6-7-27-17(10-23)13-8-16(22)15(21)9-14(13)20/h2-5,8-9,17H,6-7,10H2,1H3. The van der Waals surface area contributed by atoms with Gasteiger partial charge in [-0.05, 0) is 36.4 Å². The molecule has 3 rings (SSSR count). The van der Waals surface area contributed by atoms with E-state index in [9.17, 15) is 14.0 Å². The van der Waals surface area contributed by atoms with Gasteiger partial charge in [-0.25, -0.2) is 9.18 Å². The van der Waals surface area contributed by atoms with Crippen LogP contribution in [0.2, 0.25) is 10.0 Å². The largest absolute Gasteiger partial charge is 0.465 e. The molecule has 0 aromatic heterocycles. The van der Waals surface area contributed by atoms with Crippen molar-refractivity contribution in [2.75, 3.05) is 26.8 Å². The topological polar surface area (TPSA) is 55.8 Å².